The number of pyridine rings is 1. The number of nitrogens with zero attached hydrogens (tertiary/aromatic N) is 3. The summed E-state index contributed by atoms with van der Waals surface area (Å²) in [4.78, 5) is 16.5. The summed E-state index contributed by atoms with van der Waals surface area (Å²) in [7, 11) is 0. The van der Waals surface area contributed by atoms with Gasteiger partial charge in [0.2, 0.25) is 0 Å². The number of fused-ring (bicyclic) bond motifs is 2. The van der Waals surface area contributed by atoms with Crippen LogP contribution in [0.4, 0.5) is 0 Å². The first kappa shape index (κ1) is 13.5. The van der Waals surface area contributed by atoms with Crippen LogP contribution in [0.15, 0.2) is 18.2 Å². The van der Waals surface area contributed by atoms with Gasteiger partial charge in [0, 0.05) is 11.6 Å². The Labute approximate surface area is 129 Å². The molecule has 5 rings (SSSR count). The molecule has 4 heterocycles. The molecule has 22 heavy (non-hydrogen) atoms. The average molecular weight is 297 g/mol. The van der Waals surface area contributed by atoms with Gasteiger partial charge in [0.1, 0.15) is 11.3 Å². The molecule has 1 fully saturated rings. The summed E-state index contributed by atoms with van der Waals surface area (Å²) < 4.78 is 1.98. The number of hydrogen-bond donors (Lipinski definition) is 1. The number of aromatic nitrogens is 3. The van der Waals surface area contributed by atoms with E-state index in [0.29, 0.717) is 28.9 Å². The number of rotatable bonds is 3. The van der Waals surface area contributed by atoms with E-state index in [1.54, 1.807) is 0 Å². The highest BCUT2D eigenvalue weighted by Gasteiger charge is 2.39. The van der Waals surface area contributed by atoms with Crippen LogP contribution in [0.2, 0.25) is 0 Å². The highest BCUT2D eigenvalue weighted by Crippen LogP contribution is 2.47. The highest BCUT2D eigenvalue weighted by atomic mass is 16.4. The zero-order valence-electron chi connectivity index (χ0n) is 12.6. The summed E-state index contributed by atoms with van der Waals surface area (Å²) >= 11 is 0. The summed E-state index contributed by atoms with van der Waals surface area (Å²) in [5, 5.41) is 14.4. The first-order valence-electron chi connectivity index (χ1n) is 8.01. The molecular formula is C17H19N3O2. The van der Waals surface area contributed by atoms with Crippen molar-refractivity contribution in [3.05, 3.63) is 35.2 Å². The van der Waals surface area contributed by atoms with Crippen LogP contribution in [0, 0.1) is 0 Å². The van der Waals surface area contributed by atoms with Crippen LogP contribution in [0.3, 0.4) is 0 Å². The van der Waals surface area contributed by atoms with E-state index in [1.165, 1.54) is 0 Å². The molecule has 0 unspecified atom stereocenters. The number of aryl methyl sites for hydroxylation is 1. The second-order valence-corrected chi connectivity index (χ2v) is 6.23. The standard InChI is InChI=1S/C17H19N3O2/c1-2-11-4-3-5-13(18-11)15-14(17(21)22)16-10-6-8-12(9-7-10)20(16)19-15/h3-5,10,12H,2,6-9H2,1H3,(H,21,22). The summed E-state index contributed by atoms with van der Waals surface area (Å²) in [5.41, 5.74) is 3.47. The van der Waals surface area contributed by atoms with Crippen LogP contribution in [0.1, 0.15) is 66.3 Å². The van der Waals surface area contributed by atoms with Crippen molar-refractivity contribution in [2.24, 2.45) is 0 Å². The van der Waals surface area contributed by atoms with Gasteiger partial charge in [-0.3, -0.25) is 9.67 Å². The topological polar surface area (TPSA) is 68.0 Å². The lowest BCUT2D eigenvalue weighted by molar-refractivity contribution is 0.0693. The predicted molar refractivity (Wildman–Crippen MR) is 82.0 cm³/mol. The van der Waals surface area contributed by atoms with Gasteiger partial charge in [0.05, 0.1) is 17.4 Å². The molecule has 0 radical (unpaired) electrons. The van der Waals surface area contributed by atoms with Gasteiger partial charge in [-0.15, -0.1) is 0 Å². The SMILES string of the molecule is CCc1cccc(-c2nn3c(c2C(=O)O)C2CCC3CC2)n1. The minimum absolute atomic E-state index is 0.340. The molecule has 0 spiro atoms. The van der Waals surface area contributed by atoms with E-state index < -0.39 is 5.97 Å². The maximum Gasteiger partial charge on any atom is 0.339 e. The number of carboxylic acid groups (broad SMARTS) is 1. The average Bonchev–Trinajstić information content (AvgIpc) is 2.99. The molecule has 3 aliphatic rings. The molecule has 2 aromatic heterocycles. The second-order valence-electron chi connectivity index (χ2n) is 6.23. The summed E-state index contributed by atoms with van der Waals surface area (Å²) in [5.74, 6) is -0.542. The van der Waals surface area contributed by atoms with E-state index in [9.17, 15) is 9.90 Å². The fraction of sp³-hybridized carbons (Fsp3) is 0.471. The van der Waals surface area contributed by atoms with E-state index in [0.717, 1.165) is 43.5 Å². The third kappa shape index (κ3) is 1.88. The van der Waals surface area contributed by atoms with Gasteiger partial charge >= 0.3 is 5.97 Å². The monoisotopic (exact) mass is 297 g/mol. The lowest BCUT2D eigenvalue weighted by atomic mass is 9.78. The second kappa shape index (κ2) is 4.93. The van der Waals surface area contributed by atoms with Gasteiger partial charge in [-0.05, 0) is 44.2 Å². The quantitative estimate of drug-likeness (QED) is 0.942. The molecule has 0 aromatic carbocycles. The molecule has 2 aromatic rings. The van der Waals surface area contributed by atoms with E-state index in [2.05, 4.69) is 10.1 Å². The molecule has 1 aliphatic carbocycles. The van der Waals surface area contributed by atoms with Crippen LogP contribution in [0.5, 0.6) is 0 Å². The molecule has 1 saturated carbocycles. The molecule has 5 heteroatoms. The maximum atomic E-state index is 11.9. The lowest BCUT2D eigenvalue weighted by Gasteiger charge is -2.37. The van der Waals surface area contributed by atoms with Crippen LogP contribution in [-0.2, 0) is 6.42 Å². The smallest absolute Gasteiger partial charge is 0.339 e. The third-order valence-corrected chi connectivity index (χ3v) is 5.00. The Kier molecular flexibility index (Phi) is 3.03. The van der Waals surface area contributed by atoms with Crippen molar-refractivity contribution < 1.29 is 9.90 Å². The van der Waals surface area contributed by atoms with Crippen molar-refractivity contribution in [1.82, 2.24) is 14.8 Å². The zero-order valence-corrected chi connectivity index (χ0v) is 12.6. The maximum absolute atomic E-state index is 11.9. The Morgan fingerprint density at radius 3 is 2.77 bits per heavy atom. The summed E-state index contributed by atoms with van der Waals surface area (Å²) in [6.45, 7) is 2.04. The molecule has 0 atom stereocenters. The molecule has 2 bridgehead atoms. The molecular weight excluding hydrogens is 278 g/mol. The Hall–Kier alpha value is -2.17. The number of carbonyl (C=O) groups is 1. The van der Waals surface area contributed by atoms with E-state index in [4.69, 9.17) is 0 Å². The minimum atomic E-state index is -0.882. The minimum Gasteiger partial charge on any atom is -0.478 e. The van der Waals surface area contributed by atoms with Crippen molar-refractivity contribution in [2.75, 3.05) is 0 Å². The van der Waals surface area contributed by atoms with Crippen molar-refractivity contribution in [2.45, 2.75) is 51.0 Å². The van der Waals surface area contributed by atoms with Crippen LogP contribution in [-0.4, -0.2) is 25.8 Å². The molecule has 2 aliphatic heterocycles. The van der Waals surface area contributed by atoms with Gasteiger partial charge in [-0.25, -0.2) is 4.79 Å². The fourth-order valence-corrected chi connectivity index (χ4v) is 3.91. The number of carboxylic acids is 1. The van der Waals surface area contributed by atoms with E-state index in [1.807, 2.05) is 29.8 Å². The molecule has 0 amide bonds. The number of aromatic carboxylic acids is 1. The molecule has 0 saturated heterocycles. The van der Waals surface area contributed by atoms with Gasteiger partial charge in [0.25, 0.3) is 0 Å². The zero-order chi connectivity index (χ0) is 15.3. The van der Waals surface area contributed by atoms with Crippen LogP contribution in [0.25, 0.3) is 11.4 Å². The molecule has 1 N–H and O–H groups in total. The van der Waals surface area contributed by atoms with Gasteiger partial charge in [-0.1, -0.05) is 13.0 Å². The Morgan fingerprint density at radius 1 is 1.32 bits per heavy atom. The molecule has 5 nitrogen and oxygen atoms in total. The summed E-state index contributed by atoms with van der Waals surface area (Å²) in [6, 6.07) is 6.12. The summed E-state index contributed by atoms with van der Waals surface area (Å²) in [6.07, 6.45) is 5.21. The fourth-order valence-electron chi connectivity index (χ4n) is 3.91. The first-order valence-corrected chi connectivity index (χ1v) is 8.01. The van der Waals surface area contributed by atoms with Crippen LogP contribution < -0.4 is 0 Å². The number of hydrogen-bond acceptors (Lipinski definition) is 3. The largest absolute Gasteiger partial charge is 0.478 e. The van der Waals surface area contributed by atoms with Gasteiger partial charge < -0.3 is 5.11 Å². The van der Waals surface area contributed by atoms with E-state index in [-0.39, 0.29) is 0 Å². The Morgan fingerprint density at radius 2 is 2.09 bits per heavy atom. The van der Waals surface area contributed by atoms with Crippen molar-refractivity contribution in [1.29, 1.82) is 0 Å². The Bertz CT molecular complexity index is 742. The molecule has 114 valence electrons. The van der Waals surface area contributed by atoms with Crippen molar-refractivity contribution in [3.63, 3.8) is 0 Å². The lowest BCUT2D eigenvalue weighted by Crippen LogP contribution is -2.29. The van der Waals surface area contributed by atoms with Crippen molar-refractivity contribution in [3.8, 4) is 11.4 Å². The normalized spacial score (nSPS) is 22.6. The van der Waals surface area contributed by atoms with Gasteiger partial charge in [-0.2, -0.15) is 5.10 Å². The first-order chi connectivity index (χ1) is 10.7. The highest BCUT2D eigenvalue weighted by molar-refractivity contribution is 5.96. The third-order valence-electron chi connectivity index (χ3n) is 5.00. The van der Waals surface area contributed by atoms with Crippen LogP contribution >= 0.6 is 0 Å². The van der Waals surface area contributed by atoms with E-state index >= 15 is 0 Å². The van der Waals surface area contributed by atoms with Crippen molar-refractivity contribution >= 4 is 5.97 Å². The van der Waals surface area contributed by atoms with Gasteiger partial charge in [0.15, 0.2) is 0 Å². The predicted octanol–water partition coefficient (Wildman–Crippen LogP) is 3.42. The Balaban J connectivity index is 1.93.